The van der Waals surface area contributed by atoms with Crippen LogP contribution in [0.15, 0.2) is 59.8 Å². The Hall–Kier alpha value is -2.67. The summed E-state index contributed by atoms with van der Waals surface area (Å²) in [5.74, 6) is 2.61. The zero-order chi connectivity index (χ0) is 24.0. The highest BCUT2D eigenvalue weighted by molar-refractivity contribution is 7.99. The van der Waals surface area contributed by atoms with Crippen LogP contribution in [0.2, 0.25) is 0 Å². The first-order valence-corrected chi connectivity index (χ1v) is 13.6. The second-order valence-corrected chi connectivity index (χ2v) is 12.1. The lowest BCUT2D eigenvalue weighted by Gasteiger charge is -2.55. The average Bonchev–Trinajstić information content (AvgIpc) is 3.24. The van der Waals surface area contributed by atoms with Gasteiger partial charge in [0.05, 0.1) is 12.2 Å². The number of aromatic nitrogens is 3. The number of hydrogen-bond acceptors (Lipinski definition) is 4. The van der Waals surface area contributed by atoms with E-state index in [1.165, 1.54) is 37.0 Å². The molecule has 4 fully saturated rings. The highest BCUT2D eigenvalue weighted by atomic mass is 32.2. The third kappa shape index (κ3) is 4.39. The van der Waals surface area contributed by atoms with Crippen molar-refractivity contribution in [2.45, 2.75) is 62.4 Å². The van der Waals surface area contributed by atoms with Crippen molar-refractivity contribution in [2.24, 2.45) is 23.2 Å². The molecule has 0 spiro atoms. The SMILES string of the molecule is CC(Sc1nnc(CNC(=O)C23CC4CC(CC(C4)C2)C3)n1-c1cccc(F)c1)c1ccccc1. The topological polar surface area (TPSA) is 59.8 Å². The number of nitrogens with zero attached hydrogens (tertiary/aromatic N) is 3. The molecule has 5 nitrogen and oxygen atoms in total. The molecule has 7 rings (SSSR count). The Morgan fingerprint density at radius 2 is 1.74 bits per heavy atom. The zero-order valence-corrected chi connectivity index (χ0v) is 20.8. The van der Waals surface area contributed by atoms with Gasteiger partial charge in [-0.3, -0.25) is 9.36 Å². The molecule has 1 aromatic heterocycles. The minimum atomic E-state index is -0.313. The van der Waals surface area contributed by atoms with Crippen LogP contribution in [-0.4, -0.2) is 20.7 Å². The molecule has 1 N–H and O–H groups in total. The Kier molecular flexibility index (Phi) is 5.91. The van der Waals surface area contributed by atoms with Crippen LogP contribution in [-0.2, 0) is 11.3 Å². The predicted octanol–water partition coefficient (Wildman–Crippen LogP) is 6.09. The van der Waals surface area contributed by atoms with E-state index in [1.54, 1.807) is 17.8 Å². The van der Waals surface area contributed by atoms with Gasteiger partial charge in [-0.1, -0.05) is 48.2 Å². The zero-order valence-electron chi connectivity index (χ0n) is 20.0. The Balaban J connectivity index is 1.25. The molecule has 1 amide bonds. The quantitative estimate of drug-likeness (QED) is 0.407. The third-order valence-corrected chi connectivity index (χ3v) is 9.35. The van der Waals surface area contributed by atoms with E-state index in [4.69, 9.17) is 0 Å². The molecule has 0 radical (unpaired) electrons. The van der Waals surface area contributed by atoms with Crippen LogP contribution in [0.25, 0.3) is 5.69 Å². The maximum atomic E-state index is 14.2. The first kappa shape index (κ1) is 22.8. The first-order chi connectivity index (χ1) is 17.0. The molecular weight excluding hydrogens is 459 g/mol. The van der Waals surface area contributed by atoms with Crippen LogP contribution >= 0.6 is 11.8 Å². The van der Waals surface area contributed by atoms with Crippen molar-refractivity contribution in [1.29, 1.82) is 0 Å². The second kappa shape index (κ2) is 9.08. The smallest absolute Gasteiger partial charge is 0.226 e. The number of carbonyl (C=O) groups excluding carboxylic acids is 1. The maximum Gasteiger partial charge on any atom is 0.226 e. The largest absolute Gasteiger partial charge is 0.348 e. The lowest BCUT2D eigenvalue weighted by Crippen LogP contribution is -2.53. The highest BCUT2D eigenvalue weighted by Crippen LogP contribution is 2.60. The van der Waals surface area contributed by atoms with Gasteiger partial charge in [-0.15, -0.1) is 10.2 Å². The van der Waals surface area contributed by atoms with Crippen LogP contribution < -0.4 is 5.32 Å². The van der Waals surface area contributed by atoms with Crippen LogP contribution in [0, 0.1) is 29.0 Å². The van der Waals surface area contributed by atoms with Gasteiger partial charge in [0.15, 0.2) is 11.0 Å². The summed E-state index contributed by atoms with van der Waals surface area (Å²) in [7, 11) is 0. The number of thioether (sulfide) groups is 1. The van der Waals surface area contributed by atoms with Gasteiger partial charge in [0, 0.05) is 10.7 Å². The summed E-state index contributed by atoms with van der Waals surface area (Å²) in [6, 6.07) is 16.7. The van der Waals surface area contributed by atoms with Crippen LogP contribution in [0.5, 0.6) is 0 Å². The van der Waals surface area contributed by atoms with E-state index < -0.39 is 0 Å². The number of hydrogen-bond donors (Lipinski definition) is 1. The lowest BCUT2D eigenvalue weighted by atomic mass is 9.49. The van der Waals surface area contributed by atoms with Gasteiger partial charge in [0.1, 0.15) is 5.82 Å². The molecule has 4 bridgehead atoms. The number of amides is 1. The summed E-state index contributed by atoms with van der Waals surface area (Å²) >= 11 is 1.58. The number of nitrogens with one attached hydrogen (secondary N) is 1. The fourth-order valence-electron chi connectivity index (χ4n) is 7.05. The molecule has 4 saturated carbocycles. The molecule has 4 aliphatic rings. The third-order valence-electron chi connectivity index (χ3n) is 8.24. The molecule has 3 aromatic rings. The number of carbonyl (C=O) groups is 1. The summed E-state index contributed by atoms with van der Waals surface area (Å²) in [6.45, 7) is 2.41. The first-order valence-electron chi connectivity index (χ1n) is 12.7. The van der Waals surface area contributed by atoms with Gasteiger partial charge < -0.3 is 5.32 Å². The van der Waals surface area contributed by atoms with Crippen molar-refractivity contribution in [3.8, 4) is 5.69 Å². The normalized spacial score (nSPS) is 27.7. The van der Waals surface area contributed by atoms with E-state index in [-0.39, 0.29) is 28.9 Å². The minimum Gasteiger partial charge on any atom is -0.348 e. The van der Waals surface area contributed by atoms with E-state index in [2.05, 4.69) is 34.6 Å². The van der Waals surface area contributed by atoms with Crippen molar-refractivity contribution in [2.75, 3.05) is 0 Å². The van der Waals surface area contributed by atoms with Crippen LogP contribution in [0.4, 0.5) is 4.39 Å². The summed E-state index contributed by atoms with van der Waals surface area (Å²) < 4.78 is 16.0. The van der Waals surface area contributed by atoms with Gasteiger partial charge in [-0.05, 0) is 87.0 Å². The predicted molar refractivity (Wildman–Crippen MR) is 134 cm³/mol. The monoisotopic (exact) mass is 490 g/mol. The molecular formula is C28H31FN4OS. The van der Waals surface area contributed by atoms with Crippen LogP contribution in [0.1, 0.15) is 62.1 Å². The molecule has 1 heterocycles. The molecule has 1 unspecified atom stereocenters. The molecule has 7 heteroatoms. The van der Waals surface area contributed by atoms with Gasteiger partial charge >= 0.3 is 0 Å². The summed E-state index contributed by atoms with van der Waals surface area (Å²) in [6.07, 6.45) is 6.99. The number of rotatable bonds is 7. The molecule has 2 aromatic carbocycles. The van der Waals surface area contributed by atoms with Crippen molar-refractivity contribution in [3.05, 3.63) is 71.8 Å². The van der Waals surface area contributed by atoms with Crippen molar-refractivity contribution >= 4 is 17.7 Å². The highest BCUT2D eigenvalue weighted by Gasteiger charge is 2.54. The van der Waals surface area contributed by atoms with Crippen molar-refractivity contribution in [1.82, 2.24) is 20.1 Å². The van der Waals surface area contributed by atoms with Gasteiger partial charge in [0.25, 0.3) is 0 Å². The Morgan fingerprint density at radius 1 is 1.06 bits per heavy atom. The molecule has 0 saturated heterocycles. The van der Waals surface area contributed by atoms with Crippen LogP contribution in [0.3, 0.4) is 0 Å². The number of benzene rings is 2. The van der Waals surface area contributed by atoms with Gasteiger partial charge in [-0.2, -0.15) is 0 Å². The summed E-state index contributed by atoms with van der Waals surface area (Å²) in [4.78, 5) is 13.5. The average molecular weight is 491 g/mol. The lowest BCUT2D eigenvalue weighted by molar-refractivity contribution is -0.146. The number of halogens is 1. The van der Waals surface area contributed by atoms with E-state index in [0.717, 1.165) is 19.3 Å². The Bertz CT molecular complexity index is 1190. The maximum absolute atomic E-state index is 14.2. The van der Waals surface area contributed by atoms with E-state index in [1.807, 2.05) is 28.8 Å². The fraction of sp³-hybridized carbons (Fsp3) is 0.464. The Morgan fingerprint density at radius 3 is 2.40 bits per heavy atom. The van der Waals surface area contributed by atoms with E-state index in [0.29, 0.717) is 34.4 Å². The Labute approximate surface area is 209 Å². The second-order valence-electron chi connectivity index (χ2n) is 10.8. The summed E-state index contributed by atoms with van der Waals surface area (Å²) in [5.41, 5.74) is 1.64. The van der Waals surface area contributed by atoms with E-state index >= 15 is 0 Å². The minimum absolute atomic E-state index is 0.141. The molecule has 182 valence electrons. The molecule has 0 aliphatic heterocycles. The molecule has 35 heavy (non-hydrogen) atoms. The standard InChI is InChI=1S/C28H31FN4OS/c1-18(22-6-3-2-4-7-22)35-27-32-31-25(33(27)24-9-5-8-23(29)13-24)17-30-26(34)28-14-19-10-20(15-28)12-21(11-19)16-28/h2-9,13,18-21H,10-12,14-17H2,1H3,(H,30,34). The molecule has 1 atom stereocenters. The van der Waals surface area contributed by atoms with Crippen molar-refractivity contribution < 1.29 is 9.18 Å². The van der Waals surface area contributed by atoms with Crippen molar-refractivity contribution in [3.63, 3.8) is 0 Å². The fourth-order valence-corrected chi connectivity index (χ4v) is 8.07. The molecule has 4 aliphatic carbocycles. The summed E-state index contributed by atoms with van der Waals surface area (Å²) in [5, 5.41) is 12.9. The van der Waals surface area contributed by atoms with E-state index in [9.17, 15) is 9.18 Å². The van der Waals surface area contributed by atoms with Gasteiger partial charge in [0.2, 0.25) is 5.91 Å². The van der Waals surface area contributed by atoms with Gasteiger partial charge in [-0.25, -0.2) is 4.39 Å².